The fourth-order valence-electron chi connectivity index (χ4n) is 4.37. The van der Waals surface area contributed by atoms with E-state index in [1.54, 1.807) is 0 Å². The maximum atomic E-state index is 13.5. The van der Waals surface area contributed by atoms with Crippen molar-refractivity contribution in [2.45, 2.75) is 24.8 Å². The van der Waals surface area contributed by atoms with Gasteiger partial charge in [0.1, 0.15) is 0 Å². The van der Waals surface area contributed by atoms with Crippen LogP contribution in [0.25, 0.3) is 0 Å². The van der Waals surface area contributed by atoms with Gasteiger partial charge in [-0.2, -0.15) is 0 Å². The van der Waals surface area contributed by atoms with Gasteiger partial charge in [-0.15, -0.1) is 0 Å². The number of carbonyl (C=O) groups excluding carboxylic acids is 1. The molecule has 30 heavy (non-hydrogen) atoms. The van der Waals surface area contributed by atoms with Gasteiger partial charge in [-0.1, -0.05) is 63.9 Å². The number of halogens is 2. The zero-order chi connectivity index (χ0) is 20.7. The van der Waals surface area contributed by atoms with E-state index >= 15 is 0 Å². The van der Waals surface area contributed by atoms with Crippen molar-refractivity contribution < 1.29 is 4.79 Å². The quantitative estimate of drug-likeness (QED) is 0.412. The lowest BCUT2D eigenvalue weighted by Gasteiger charge is -2.30. The van der Waals surface area contributed by atoms with Crippen LogP contribution in [0, 0.1) is 0 Å². The first kappa shape index (κ1) is 19.4. The highest BCUT2D eigenvalue weighted by molar-refractivity contribution is 9.10. The first-order valence-corrected chi connectivity index (χ1v) is 11.2. The third kappa shape index (κ3) is 3.66. The molecule has 2 aliphatic rings. The molecule has 0 spiro atoms. The Morgan fingerprint density at radius 3 is 2.23 bits per heavy atom. The highest BCUT2D eigenvalue weighted by Crippen LogP contribution is 2.44. The molecule has 0 saturated heterocycles. The third-order valence-electron chi connectivity index (χ3n) is 5.85. The molecule has 2 atom stereocenters. The van der Waals surface area contributed by atoms with Gasteiger partial charge in [0, 0.05) is 27.2 Å². The lowest BCUT2D eigenvalue weighted by Crippen LogP contribution is -2.26. The number of rotatable bonds is 2. The minimum atomic E-state index is -0.192. The second-order valence-electron chi connectivity index (χ2n) is 7.77. The molecule has 5 heteroatoms. The van der Waals surface area contributed by atoms with Crippen molar-refractivity contribution in [3.05, 3.63) is 105 Å². The van der Waals surface area contributed by atoms with Gasteiger partial charge >= 0.3 is 0 Å². The van der Waals surface area contributed by atoms with E-state index in [1.807, 2.05) is 60.7 Å². The van der Waals surface area contributed by atoms with Crippen molar-refractivity contribution in [1.29, 1.82) is 0 Å². The Hall–Kier alpha value is -2.56. The number of ketones is 1. The molecule has 150 valence electrons. The largest absolute Gasteiger partial charge is 0.372 e. The van der Waals surface area contributed by atoms with Crippen molar-refractivity contribution in [3.8, 4) is 0 Å². The summed E-state index contributed by atoms with van der Waals surface area (Å²) >= 11 is 9.57. The van der Waals surface area contributed by atoms with Crippen LogP contribution in [0.2, 0.25) is 5.02 Å². The smallest absolute Gasteiger partial charge is 0.163 e. The number of carbonyl (C=O) groups is 1. The minimum absolute atomic E-state index is 0.136. The van der Waals surface area contributed by atoms with Crippen LogP contribution in [0.3, 0.4) is 0 Å². The average molecular weight is 480 g/mol. The number of allylic oxidation sites excluding steroid dienone is 1. The molecule has 0 saturated carbocycles. The summed E-state index contributed by atoms with van der Waals surface area (Å²) in [6.45, 7) is 0. The van der Waals surface area contributed by atoms with Crippen LogP contribution >= 0.6 is 27.5 Å². The van der Waals surface area contributed by atoms with Crippen molar-refractivity contribution in [3.63, 3.8) is 0 Å². The zero-order valence-electron chi connectivity index (χ0n) is 16.2. The SMILES string of the molecule is O=C1CC(c2ccc(Cl)cc2)CC2=C1C(c1ccc(Br)cc1)Nc1ccccc1N2. The van der Waals surface area contributed by atoms with Crippen LogP contribution in [0.15, 0.2) is 88.5 Å². The van der Waals surface area contributed by atoms with E-state index in [0.29, 0.717) is 11.4 Å². The van der Waals surface area contributed by atoms with Gasteiger partial charge in [0.25, 0.3) is 0 Å². The van der Waals surface area contributed by atoms with E-state index < -0.39 is 0 Å². The minimum Gasteiger partial charge on any atom is -0.372 e. The lowest BCUT2D eigenvalue weighted by atomic mass is 9.78. The van der Waals surface area contributed by atoms with Gasteiger partial charge in [0.05, 0.1) is 17.4 Å². The Bertz CT molecular complexity index is 1140. The van der Waals surface area contributed by atoms with E-state index in [9.17, 15) is 4.79 Å². The second-order valence-corrected chi connectivity index (χ2v) is 9.12. The summed E-state index contributed by atoms with van der Waals surface area (Å²) in [7, 11) is 0. The van der Waals surface area contributed by atoms with Gasteiger partial charge in [0.2, 0.25) is 0 Å². The molecule has 0 bridgehead atoms. The van der Waals surface area contributed by atoms with Crippen molar-refractivity contribution in [2.75, 3.05) is 10.6 Å². The fraction of sp³-hybridized carbons (Fsp3) is 0.160. The summed E-state index contributed by atoms with van der Waals surface area (Å²) in [6, 6.07) is 23.9. The molecule has 0 amide bonds. The van der Waals surface area contributed by atoms with Crippen LogP contribution in [0.1, 0.15) is 35.9 Å². The molecule has 3 aromatic rings. The Labute approximate surface area is 189 Å². The number of fused-ring (bicyclic) bond motifs is 1. The van der Waals surface area contributed by atoms with Crippen LogP contribution < -0.4 is 10.6 Å². The zero-order valence-corrected chi connectivity index (χ0v) is 18.5. The number of Topliss-reactive ketones (excluding diaryl/α,β-unsaturated/α-hetero) is 1. The summed E-state index contributed by atoms with van der Waals surface area (Å²) in [5, 5.41) is 7.90. The highest BCUT2D eigenvalue weighted by atomic mass is 79.9. The molecule has 2 N–H and O–H groups in total. The first-order chi connectivity index (χ1) is 14.6. The standard InChI is InChI=1S/C25H20BrClN2O/c26-18-9-5-16(6-10-18)25-24-22(28-20-3-1-2-4-21(20)29-25)13-17(14-23(24)30)15-7-11-19(27)12-8-15/h1-12,17,25,28-29H,13-14H2. The molecule has 1 aliphatic heterocycles. The van der Waals surface area contributed by atoms with E-state index in [2.05, 4.69) is 38.7 Å². The Morgan fingerprint density at radius 1 is 0.833 bits per heavy atom. The van der Waals surface area contributed by atoms with E-state index in [-0.39, 0.29) is 17.7 Å². The summed E-state index contributed by atoms with van der Waals surface area (Å²) in [5.74, 6) is 0.314. The molecule has 0 radical (unpaired) electrons. The van der Waals surface area contributed by atoms with Gasteiger partial charge < -0.3 is 10.6 Å². The third-order valence-corrected chi connectivity index (χ3v) is 6.63. The van der Waals surface area contributed by atoms with Crippen molar-refractivity contribution >= 4 is 44.7 Å². The molecule has 0 fully saturated rings. The normalized spacial score (nSPS) is 20.5. The van der Waals surface area contributed by atoms with E-state index in [0.717, 1.165) is 44.7 Å². The summed E-state index contributed by atoms with van der Waals surface area (Å²) in [4.78, 5) is 13.5. The summed E-state index contributed by atoms with van der Waals surface area (Å²) in [5.41, 5.74) is 6.04. The van der Waals surface area contributed by atoms with Gasteiger partial charge in [0.15, 0.2) is 5.78 Å². The van der Waals surface area contributed by atoms with Crippen LogP contribution in [-0.4, -0.2) is 5.78 Å². The maximum absolute atomic E-state index is 13.5. The molecule has 1 heterocycles. The van der Waals surface area contributed by atoms with Gasteiger partial charge in [-0.3, -0.25) is 4.79 Å². The second kappa shape index (κ2) is 7.93. The number of para-hydroxylation sites is 2. The molecule has 5 rings (SSSR count). The molecule has 3 aromatic carbocycles. The Morgan fingerprint density at radius 2 is 1.50 bits per heavy atom. The van der Waals surface area contributed by atoms with Crippen LogP contribution in [0.5, 0.6) is 0 Å². The molecular weight excluding hydrogens is 460 g/mol. The highest BCUT2D eigenvalue weighted by Gasteiger charge is 2.35. The van der Waals surface area contributed by atoms with Crippen molar-refractivity contribution in [2.24, 2.45) is 0 Å². The lowest BCUT2D eigenvalue weighted by molar-refractivity contribution is -0.116. The number of anilines is 2. The van der Waals surface area contributed by atoms with E-state index in [1.165, 1.54) is 0 Å². The molecule has 0 aromatic heterocycles. The summed E-state index contributed by atoms with van der Waals surface area (Å²) < 4.78 is 1.02. The number of benzene rings is 3. The maximum Gasteiger partial charge on any atom is 0.163 e. The number of nitrogens with one attached hydrogen (secondary N) is 2. The first-order valence-electron chi connectivity index (χ1n) is 9.98. The predicted molar refractivity (Wildman–Crippen MR) is 126 cm³/mol. The number of hydrogen-bond donors (Lipinski definition) is 2. The Kier molecular flexibility index (Phi) is 5.13. The van der Waals surface area contributed by atoms with Crippen molar-refractivity contribution in [1.82, 2.24) is 0 Å². The topological polar surface area (TPSA) is 41.1 Å². The number of hydrogen-bond acceptors (Lipinski definition) is 3. The molecule has 3 nitrogen and oxygen atoms in total. The summed E-state index contributed by atoms with van der Waals surface area (Å²) in [6.07, 6.45) is 1.28. The van der Waals surface area contributed by atoms with Gasteiger partial charge in [-0.25, -0.2) is 0 Å². The molecule has 1 aliphatic carbocycles. The van der Waals surface area contributed by atoms with Crippen LogP contribution in [-0.2, 0) is 4.79 Å². The average Bonchev–Trinajstić information content (AvgIpc) is 2.91. The molecular formula is C25H20BrClN2O. The Balaban J connectivity index is 1.60. The van der Waals surface area contributed by atoms with E-state index in [4.69, 9.17) is 11.6 Å². The molecule has 2 unspecified atom stereocenters. The van der Waals surface area contributed by atoms with Crippen LogP contribution in [0.4, 0.5) is 11.4 Å². The fourth-order valence-corrected chi connectivity index (χ4v) is 4.76. The monoisotopic (exact) mass is 478 g/mol. The predicted octanol–water partition coefficient (Wildman–Crippen LogP) is 7.08. The van der Waals surface area contributed by atoms with Gasteiger partial charge in [-0.05, 0) is 59.9 Å².